The van der Waals surface area contributed by atoms with Gasteiger partial charge < -0.3 is 9.47 Å². The van der Waals surface area contributed by atoms with E-state index in [0.29, 0.717) is 16.9 Å². The largest absolute Gasteiger partial charge is 0.493 e. The Kier molecular flexibility index (Phi) is 4.70. The summed E-state index contributed by atoms with van der Waals surface area (Å²) in [5.74, 6) is 1.36. The highest BCUT2D eigenvalue weighted by molar-refractivity contribution is 5.77. The second kappa shape index (κ2) is 6.93. The normalized spacial score (nSPS) is 12.4. The maximum absolute atomic E-state index is 11.9. The van der Waals surface area contributed by atoms with Crippen LogP contribution in [0.1, 0.15) is 32.4 Å². The van der Waals surface area contributed by atoms with E-state index < -0.39 is 0 Å². The van der Waals surface area contributed by atoms with Crippen LogP contribution in [0.25, 0.3) is 10.9 Å². The number of benzene rings is 2. The molecule has 130 valence electrons. The lowest BCUT2D eigenvalue weighted by Gasteiger charge is -2.19. The van der Waals surface area contributed by atoms with Crippen LogP contribution in [0.15, 0.2) is 47.3 Å². The van der Waals surface area contributed by atoms with Crippen LogP contribution in [-0.2, 0) is 0 Å². The summed E-state index contributed by atoms with van der Waals surface area (Å²) < 4.78 is 13.0. The van der Waals surface area contributed by atoms with Crippen molar-refractivity contribution in [2.45, 2.75) is 32.9 Å². The zero-order valence-corrected chi connectivity index (χ0v) is 14.8. The zero-order valence-electron chi connectivity index (χ0n) is 14.8. The number of methoxy groups -OCH3 is 1. The minimum Gasteiger partial charge on any atom is -0.493 e. The Morgan fingerprint density at radius 3 is 2.52 bits per heavy atom. The van der Waals surface area contributed by atoms with Crippen molar-refractivity contribution in [3.63, 3.8) is 0 Å². The van der Waals surface area contributed by atoms with Gasteiger partial charge in [0.25, 0.3) is 5.56 Å². The molecule has 1 unspecified atom stereocenters. The third-order valence-electron chi connectivity index (χ3n) is 4.01. The van der Waals surface area contributed by atoms with E-state index in [9.17, 15) is 4.79 Å². The fourth-order valence-electron chi connectivity index (χ4n) is 2.77. The van der Waals surface area contributed by atoms with Crippen molar-refractivity contribution >= 4 is 10.9 Å². The van der Waals surface area contributed by atoms with Crippen molar-refractivity contribution in [2.75, 3.05) is 7.11 Å². The van der Waals surface area contributed by atoms with Crippen LogP contribution in [-0.4, -0.2) is 28.2 Å². The van der Waals surface area contributed by atoms with Gasteiger partial charge in [0, 0.05) is 0 Å². The summed E-state index contributed by atoms with van der Waals surface area (Å²) in [7, 11) is 1.62. The van der Waals surface area contributed by atoms with Gasteiger partial charge in [-0.25, -0.2) is 4.68 Å². The maximum atomic E-state index is 11.9. The first-order valence-corrected chi connectivity index (χ1v) is 8.20. The third-order valence-corrected chi connectivity index (χ3v) is 4.01. The summed E-state index contributed by atoms with van der Waals surface area (Å²) in [6, 6.07) is 13.0. The van der Waals surface area contributed by atoms with Crippen LogP contribution in [0.5, 0.6) is 11.5 Å². The second-order valence-corrected chi connectivity index (χ2v) is 6.11. The average molecular weight is 339 g/mol. The summed E-state index contributed by atoms with van der Waals surface area (Å²) in [5, 5.41) is 8.40. The molecule has 25 heavy (non-hydrogen) atoms. The summed E-state index contributed by atoms with van der Waals surface area (Å²) in [6.45, 7) is 5.94. The topological polar surface area (TPSA) is 66.2 Å². The smallest absolute Gasteiger partial charge is 0.299 e. The van der Waals surface area contributed by atoms with Crippen LogP contribution in [0, 0.1) is 0 Å². The van der Waals surface area contributed by atoms with Gasteiger partial charge in [-0.1, -0.05) is 28.5 Å². The number of fused-ring (bicyclic) bond motifs is 1. The molecule has 6 nitrogen and oxygen atoms in total. The van der Waals surface area contributed by atoms with Crippen LogP contribution in [0.4, 0.5) is 0 Å². The van der Waals surface area contributed by atoms with E-state index in [-0.39, 0.29) is 17.7 Å². The van der Waals surface area contributed by atoms with E-state index in [1.165, 1.54) is 0 Å². The highest BCUT2D eigenvalue weighted by atomic mass is 16.5. The molecule has 1 heterocycles. The molecule has 0 radical (unpaired) electrons. The fraction of sp³-hybridized carbons (Fsp3) is 0.316. The SMILES string of the molecule is COc1cc(C(C)n2nnc(=O)c3ccccc32)ccc1OC(C)C. The molecule has 0 N–H and O–H groups in total. The van der Waals surface area contributed by atoms with E-state index in [1.807, 2.05) is 57.2 Å². The molecule has 0 aliphatic carbocycles. The second-order valence-electron chi connectivity index (χ2n) is 6.11. The van der Waals surface area contributed by atoms with E-state index in [1.54, 1.807) is 17.9 Å². The quantitative estimate of drug-likeness (QED) is 0.714. The van der Waals surface area contributed by atoms with Crippen molar-refractivity contribution in [3.05, 3.63) is 58.4 Å². The van der Waals surface area contributed by atoms with Crippen LogP contribution >= 0.6 is 0 Å². The Bertz CT molecular complexity index is 950. The molecule has 0 aliphatic rings. The Hall–Kier alpha value is -2.89. The van der Waals surface area contributed by atoms with Gasteiger partial charge >= 0.3 is 0 Å². The van der Waals surface area contributed by atoms with E-state index in [2.05, 4.69) is 10.3 Å². The number of hydrogen-bond acceptors (Lipinski definition) is 5. The molecule has 0 spiro atoms. The Morgan fingerprint density at radius 2 is 1.80 bits per heavy atom. The molecular weight excluding hydrogens is 318 g/mol. The molecular formula is C19H21N3O3. The summed E-state index contributed by atoms with van der Waals surface area (Å²) in [6.07, 6.45) is 0.0611. The standard InChI is InChI=1S/C19H21N3O3/c1-12(2)25-17-10-9-14(11-18(17)24-4)13(3)22-16-8-6-5-7-15(16)19(23)20-21-22/h5-13H,1-4H3. The molecule has 0 aliphatic heterocycles. The van der Waals surface area contributed by atoms with Gasteiger partial charge in [0.2, 0.25) is 0 Å². The molecule has 3 rings (SSSR count). The van der Waals surface area contributed by atoms with Gasteiger partial charge in [-0.2, -0.15) is 0 Å². The predicted molar refractivity (Wildman–Crippen MR) is 96.4 cm³/mol. The zero-order chi connectivity index (χ0) is 18.0. The minimum absolute atomic E-state index is 0.0611. The van der Waals surface area contributed by atoms with Crippen molar-refractivity contribution in [1.82, 2.24) is 15.0 Å². The number of nitrogens with zero attached hydrogens (tertiary/aromatic N) is 3. The average Bonchev–Trinajstić information content (AvgIpc) is 2.61. The van der Waals surface area contributed by atoms with E-state index in [4.69, 9.17) is 9.47 Å². The molecule has 3 aromatic rings. The highest BCUT2D eigenvalue weighted by Gasteiger charge is 2.16. The lowest BCUT2D eigenvalue weighted by molar-refractivity contribution is 0.230. The maximum Gasteiger partial charge on any atom is 0.299 e. The summed E-state index contributed by atoms with van der Waals surface area (Å²) in [4.78, 5) is 11.9. The monoisotopic (exact) mass is 339 g/mol. The van der Waals surface area contributed by atoms with Crippen molar-refractivity contribution in [3.8, 4) is 11.5 Å². The van der Waals surface area contributed by atoms with Crippen LogP contribution < -0.4 is 15.0 Å². The number of hydrogen-bond donors (Lipinski definition) is 0. The van der Waals surface area contributed by atoms with E-state index >= 15 is 0 Å². The third kappa shape index (κ3) is 3.33. The Morgan fingerprint density at radius 1 is 1.04 bits per heavy atom. The molecule has 1 atom stereocenters. The fourth-order valence-corrected chi connectivity index (χ4v) is 2.77. The van der Waals surface area contributed by atoms with Gasteiger partial charge in [0.15, 0.2) is 11.5 Å². The van der Waals surface area contributed by atoms with Crippen molar-refractivity contribution in [2.24, 2.45) is 0 Å². The molecule has 0 bridgehead atoms. The molecule has 0 saturated heterocycles. The van der Waals surface area contributed by atoms with Gasteiger partial charge in [-0.05, 0) is 50.6 Å². The number of ether oxygens (including phenoxy) is 2. The lowest BCUT2D eigenvalue weighted by atomic mass is 10.1. The number of rotatable bonds is 5. The minimum atomic E-state index is -0.322. The summed E-state index contributed by atoms with van der Waals surface area (Å²) >= 11 is 0. The number of aromatic nitrogens is 3. The molecule has 0 fully saturated rings. The Balaban J connectivity index is 2.06. The molecule has 0 saturated carbocycles. The van der Waals surface area contributed by atoms with E-state index in [0.717, 1.165) is 11.1 Å². The van der Waals surface area contributed by atoms with Gasteiger partial charge in [-0.15, -0.1) is 0 Å². The van der Waals surface area contributed by atoms with Crippen LogP contribution in [0.3, 0.4) is 0 Å². The van der Waals surface area contributed by atoms with Gasteiger partial charge in [-0.3, -0.25) is 4.79 Å². The van der Waals surface area contributed by atoms with Crippen LogP contribution in [0.2, 0.25) is 0 Å². The molecule has 0 amide bonds. The van der Waals surface area contributed by atoms with Crippen molar-refractivity contribution in [1.29, 1.82) is 0 Å². The predicted octanol–water partition coefficient (Wildman–Crippen LogP) is 3.20. The highest BCUT2D eigenvalue weighted by Crippen LogP contribution is 2.32. The molecule has 6 heteroatoms. The Labute approximate surface area is 146 Å². The first-order valence-electron chi connectivity index (χ1n) is 8.20. The first-order chi connectivity index (χ1) is 12.0. The van der Waals surface area contributed by atoms with Gasteiger partial charge in [0.05, 0.1) is 30.2 Å². The van der Waals surface area contributed by atoms with Crippen molar-refractivity contribution < 1.29 is 9.47 Å². The molecule has 1 aromatic heterocycles. The summed E-state index contributed by atoms with van der Waals surface area (Å²) in [5.41, 5.74) is 1.41. The molecule has 2 aromatic carbocycles. The number of para-hydroxylation sites is 1. The first kappa shape index (κ1) is 17.0. The lowest BCUT2D eigenvalue weighted by Crippen LogP contribution is -2.20. The van der Waals surface area contributed by atoms with Gasteiger partial charge in [0.1, 0.15) is 0 Å².